The molecule has 9 heteroatoms. The van der Waals surface area contributed by atoms with Crippen molar-refractivity contribution < 1.29 is 23.9 Å². The zero-order chi connectivity index (χ0) is 20.1. The van der Waals surface area contributed by atoms with E-state index in [1.54, 1.807) is 11.3 Å². The lowest BCUT2D eigenvalue weighted by molar-refractivity contribution is -0.150. The second-order valence-corrected chi connectivity index (χ2v) is 8.50. The van der Waals surface area contributed by atoms with E-state index in [0.29, 0.717) is 30.2 Å². The van der Waals surface area contributed by atoms with Crippen molar-refractivity contribution in [2.75, 3.05) is 6.61 Å². The molecule has 1 aliphatic carbocycles. The summed E-state index contributed by atoms with van der Waals surface area (Å²) in [6, 6.07) is 3.31. The number of urea groups is 1. The fourth-order valence-corrected chi connectivity index (χ4v) is 4.30. The average Bonchev–Trinajstić information content (AvgIpc) is 3.26. The number of carbonyl (C=O) groups is 4. The van der Waals surface area contributed by atoms with E-state index in [9.17, 15) is 19.2 Å². The Morgan fingerprint density at radius 3 is 2.79 bits per heavy atom. The quantitative estimate of drug-likeness (QED) is 0.532. The molecule has 152 valence electrons. The molecule has 2 aliphatic rings. The molecule has 0 bridgehead atoms. The molecular weight excluding hydrogens is 382 g/mol. The van der Waals surface area contributed by atoms with E-state index in [4.69, 9.17) is 4.74 Å². The zero-order valence-corrected chi connectivity index (χ0v) is 16.7. The van der Waals surface area contributed by atoms with Gasteiger partial charge in [-0.2, -0.15) is 5.01 Å². The van der Waals surface area contributed by atoms with Gasteiger partial charge in [0.25, 0.3) is 11.8 Å². The van der Waals surface area contributed by atoms with Crippen molar-refractivity contribution in [3.63, 3.8) is 0 Å². The van der Waals surface area contributed by atoms with E-state index >= 15 is 0 Å². The molecule has 1 spiro atoms. The fourth-order valence-electron chi connectivity index (χ4n) is 3.55. The third-order valence-corrected chi connectivity index (χ3v) is 6.21. The Labute approximate surface area is 167 Å². The van der Waals surface area contributed by atoms with Crippen molar-refractivity contribution in [2.24, 2.45) is 5.92 Å². The summed E-state index contributed by atoms with van der Waals surface area (Å²) in [7, 11) is 0. The summed E-state index contributed by atoms with van der Waals surface area (Å²) in [6.45, 7) is 1.58. The number of carbonyl (C=O) groups excluding carboxylic acids is 4. The highest BCUT2D eigenvalue weighted by Crippen LogP contribution is 2.35. The van der Waals surface area contributed by atoms with Crippen molar-refractivity contribution in [3.8, 4) is 0 Å². The smallest absolute Gasteiger partial charge is 0.344 e. The maximum absolute atomic E-state index is 12.6. The number of hydrogen-bond acceptors (Lipinski definition) is 6. The van der Waals surface area contributed by atoms with Gasteiger partial charge < -0.3 is 10.1 Å². The molecule has 1 aromatic rings. The van der Waals surface area contributed by atoms with Gasteiger partial charge in [-0.1, -0.05) is 13.0 Å². The van der Waals surface area contributed by atoms with E-state index in [2.05, 4.69) is 17.7 Å². The van der Waals surface area contributed by atoms with E-state index in [0.717, 1.165) is 19.3 Å². The lowest BCUT2D eigenvalue weighted by atomic mass is 9.77. The molecule has 1 aliphatic heterocycles. The Hall–Kier alpha value is -2.42. The van der Waals surface area contributed by atoms with E-state index < -0.39 is 36.0 Å². The number of aryl methyl sites for hydroxylation is 1. The summed E-state index contributed by atoms with van der Waals surface area (Å²) in [5, 5.41) is 5.41. The van der Waals surface area contributed by atoms with Crippen LogP contribution in [0.1, 0.15) is 50.3 Å². The summed E-state index contributed by atoms with van der Waals surface area (Å²) >= 11 is 1.63. The number of nitrogens with one attached hydrogen (secondary N) is 2. The summed E-state index contributed by atoms with van der Waals surface area (Å²) in [4.78, 5) is 49.8. The molecule has 1 saturated heterocycles. The number of amides is 4. The van der Waals surface area contributed by atoms with Gasteiger partial charge in [-0.3, -0.25) is 19.8 Å². The molecule has 28 heavy (non-hydrogen) atoms. The first-order chi connectivity index (χ1) is 13.4. The Balaban J connectivity index is 1.41. The predicted octanol–water partition coefficient (Wildman–Crippen LogP) is 2.15. The topological polar surface area (TPSA) is 105 Å². The number of nitrogens with zero attached hydrogens (tertiary/aromatic N) is 1. The largest absolute Gasteiger partial charge is 0.455 e. The average molecular weight is 407 g/mol. The van der Waals surface area contributed by atoms with Gasteiger partial charge in [-0.15, -0.1) is 11.3 Å². The lowest BCUT2D eigenvalue weighted by Gasteiger charge is -2.33. The minimum atomic E-state index is -0.921. The normalized spacial score (nSPS) is 24.3. The monoisotopic (exact) mass is 407 g/mol. The predicted molar refractivity (Wildman–Crippen MR) is 102 cm³/mol. The third-order valence-electron chi connectivity index (χ3n) is 5.27. The van der Waals surface area contributed by atoms with Gasteiger partial charge in [-0.05, 0) is 55.9 Å². The van der Waals surface area contributed by atoms with E-state index in [-0.39, 0.29) is 6.42 Å². The van der Waals surface area contributed by atoms with Crippen molar-refractivity contribution >= 4 is 35.2 Å². The summed E-state index contributed by atoms with van der Waals surface area (Å²) < 4.78 is 4.94. The molecule has 0 radical (unpaired) electrons. The van der Waals surface area contributed by atoms with Gasteiger partial charge >= 0.3 is 12.0 Å². The fraction of sp³-hybridized carbons (Fsp3) is 0.579. The first-order valence-electron chi connectivity index (χ1n) is 9.54. The molecule has 1 aromatic heterocycles. The molecule has 0 aromatic carbocycles. The van der Waals surface area contributed by atoms with Gasteiger partial charge in [0, 0.05) is 11.3 Å². The standard InChI is InChI=1S/C19H25N3O5S/c1-13-7-9-19(10-8-13)17(25)22(18(26)20-19)21-15(23)12-27-16(24)6-2-4-14-5-3-11-28-14/h3,5,11,13H,2,4,6-10,12H2,1H3,(H,20,26)(H,21,23). The first-order valence-corrected chi connectivity index (χ1v) is 10.4. The minimum absolute atomic E-state index is 0.204. The number of esters is 1. The molecule has 1 saturated carbocycles. The van der Waals surface area contributed by atoms with Crippen LogP contribution in [0.15, 0.2) is 17.5 Å². The maximum atomic E-state index is 12.6. The number of hydrogen-bond donors (Lipinski definition) is 2. The number of ether oxygens (including phenoxy) is 1. The maximum Gasteiger partial charge on any atom is 0.344 e. The molecular formula is C19H25N3O5S. The van der Waals surface area contributed by atoms with Gasteiger partial charge in [-0.25, -0.2) is 4.79 Å². The number of imide groups is 1. The summed E-state index contributed by atoms with van der Waals surface area (Å²) in [5.41, 5.74) is 1.33. The molecule has 2 fully saturated rings. The van der Waals surface area contributed by atoms with Crippen LogP contribution in [0.4, 0.5) is 4.79 Å². The van der Waals surface area contributed by atoms with Crippen molar-refractivity contribution in [2.45, 2.75) is 57.4 Å². The van der Waals surface area contributed by atoms with Crippen LogP contribution in [0.25, 0.3) is 0 Å². The highest BCUT2D eigenvalue weighted by Gasteiger charge is 2.52. The van der Waals surface area contributed by atoms with Crippen LogP contribution in [0.5, 0.6) is 0 Å². The van der Waals surface area contributed by atoms with Crippen LogP contribution in [-0.4, -0.2) is 41.0 Å². The summed E-state index contributed by atoms with van der Waals surface area (Å²) in [6.07, 6.45) is 4.43. The zero-order valence-electron chi connectivity index (χ0n) is 15.9. The lowest BCUT2D eigenvalue weighted by Crippen LogP contribution is -2.52. The minimum Gasteiger partial charge on any atom is -0.455 e. The van der Waals surface area contributed by atoms with Crippen molar-refractivity contribution in [1.29, 1.82) is 0 Å². The molecule has 2 N–H and O–H groups in total. The van der Waals surface area contributed by atoms with Crippen LogP contribution in [0.2, 0.25) is 0 Å². The molecule has 3 rings (SSSR count). The first kappa shape index (κ1) is 20.3. The van der Waals surface area contributed by atoms with E-state index in [1.807, 2.05) is 17.5 Å². The molecule has 0 atom stereocenters. The van der Waals surface area contributed by atoms with Gasteiger partial charge in [0.2, 0.25) is 0 Å². The molecule has 8 nitrogen and oxygen atoms in total. The van der Waals surface area contributed by atoms with E-state index in [1.165, 1.54) is 4.88 Å². The van der Waals surface area contributed by atoms with Gasteiger partial charge in [0.05, 0.1) is 0 Å². The highest BCUT2D eigenvalue weighted by atomic mass is 32.1. The Bertz CT molecular complexity index is 741. The third kappa shape index (κ3) is 4.70. The Morgan fingerprint density at radius 1 is 1.36 bits per heavy atom. The van der Waals surface area contributed by atoms with Crippen molar-refractivity contribution in [3.05, 3.63) is 22.4 Å². The van der Waals surface area contributed by atoms with Crippen LogP contribution in [0, 0.1) is 5.92 Å². The van der Waals surface area contributed by atoms with Crippen LogP contribution in [-0.2, 0) is 25.5 Å². The number of hydrazine groups is 1. The number of thiophene rings is 1. The SMILES string of the molecule is CC1CCC2(CC1)NC(=O)N(NC(=O)COC(=O)CCCc1cccs1)C2=O. The van der Waals surface area contributed by atoms with Crippen LogP contribution >= 0.6 is 11.3 Å². The number of rotatable bonds is 7. The van der Waals surface area contributed by atoms with Gasteiger partial charge in [0.15, 0.2) is 6.61 Å². The highest BCUT2D eigenvalue weighted by molar-refractivity contribution is 7.09. The molecule has 4 amide bonds. The van der Waals surface area contributed by atoms with Crippen LogP contribution in [0.3, 0.4) is 0 Å². The molecule has 0 unspecified atom stereocenters. The second kappa shape index (κ2) is 8.72. The van der Waals surface area contributed by atoms with Crippen molar-refractivity contribution in [1.82, 2.24) is 15.8 Å². The Kier molecular flexibility index (Phi) is 6.33. The summed E-state index contributed by atoms with van der Waals surface area (Å²) in [5.74, 6) is -1.13. The van der Waals surface area contributed by atoms with Crippen LogP contribution < -0.4 is 10.7 Å². The Morgan fingerprint density at radius 2 is 2.11 bits per heavy atom. The second-order valence-electron chi connectivity index (χ2n) is 7.46. The van der Waals surface area contributed by atoms with Gasteiger partial charge in [0.1, 0.15) is 5.54 Å². The molecule has 2 heterocycles.